The molecule has 2 nitrogen and oxygen atoms in total. The fourth-order valence-electron chi connectivity index (χ4n) is 1.74. The molecule has 0 aromatic carbocycles. The molecule has 5 heteroatoms. The van der Waals surface area contributed by atoms with Crippen LogP contribution in [0.5, 0.6) is 0 Å². The molecule has 1 fully saturated rings. The Kier molecular flexibility index (Phi) is 5.66. The lowest BCUT2D eigenvalue weighted by molar-refractivity contribution is 0.577. The molecule has 96 valence electrons. The molecule has 1 aromatic heterocycles. The van der Waals surface area contributed by atoms with Gasteiger partial charge < -0.3 is 5.32 Å². The summed E-state index contributed by atoms with van der Waals surface area (Å²) in [7, 11) is 0. The van der Waals surface area contributed by atoms with Crippen molar-refractivity contribution in [3.8, 4) is 0 Å². The van der Waals surface area contributed by atoms with Crippen LogP contribution >= 0.6 is 34.9 Å². The quantitative estimate of drug-likeness (QED) is 0.892. The minimum atomic E-state index is 0.447. The second kappa shape index (κ2) is 7.02. The van der Waals surface area contributed by atoms with E-state index in [1.807, 2.05) is 11.3 Å². The summed E-state index contributed by atoms with van der Waals surface area (Å²) in [5.74, 6) is 3.80. The number of aromatic nitrogens is 1. The summed E-state index contributed by atoms with van der Waals surface area (Å²) in [6.07, 6.45) is 3.25. The van der Waals surface area contributed by atoms with E-state index < -0.39 is 0 Å². The van der Waals surface area contributed by atoms with E-state index in [0.29, 0.717) is 11.3 Å². The Morgan fingerprint density at radius 2 is 2.41 bits per heavy atom. The van der Waals surface area contributed by atoms with E-state index in [0.717, 1.165) is 6.54 Å². The van der Waals surface area contributed by atoms with Gasteiger partial charge in [0.15, 0.2) is 0 Å². The Morgan fingerprint density at radius 3 is 3.12 bits per heavy atom. The van der Waals surface area contributed by atoms with Gasteiger partial charge in [0.25, 0.3) is 0 Å². The van der Waals surface area contributed by atoms with Crippen molar-refractivity contribution in [3.63, 3.8) is 0 Å². The fourth-order valence-corrected chi connectivity index (χ4v) is 5.68. The second-order valence-electron chi connectivity index (χ2n) is 4.21. The Hall–Kier alpha value is 0.290. The molecule has 2 rings (SSSR count). The Bertz CT molecular complexity index is 334. The molecule has 2 heterocycles. The van der Waals surface area contributed by atoms with E-state index >= 15 is 0 Å². The van der Waals surface area contributed by atoms with Crippen LogP contribution in [0.15, 0.2) is 6.20 Å². The molecule has 0 amide bonds. The maximum Gasteiger partial charge on any atom is 0.107 e. The first kappa shape index (κ1) is 13.7. The first-order chi connectivity index (χ1) is 8.31. The van der Waals surface area contributed by atoms with E-state index in [9.17, 15) is 0 Å². The van der Waals surface area contributed by atoms with Crippen LogP contribution in [0.3, 0.4) is 0 Å². The van der Waals surface area contributed by atoms with Crippen molar-refractivity contribution in [1.82, 2.24) is 10.3 Å². The Morgan fingerprint density at radius 1 is 1.53 bits per heavy atom. The van der Waals surface area contributed by atoms with Crippen molar-refractivity contribution in [3.05, 3.63) is 16.1 Å². The highest BCUT2D eigenvalue weighted by Gasteiger charge is 2.20. The fraction of sp³-hybridized carbons (Fsp3) is 0.750. The van der Waals surface area contributed by atoms with Gasteiger partial charge in [0, 0.05) is 34.4 Å². The zero-order valence-electron chi connectivity index (χ0n) is 10.4. The Labute approximate surface area is 116 Å². The van der Waals surface area contributed by atoms with Crippen LogP contribution in [0.1, 0.15) is 41.4 Å². The zero-order chi connectivity index (χ0) is 12.1. The molecule has 1 aliphatic rings. The number of hydrogen-bond acceptors (Lipinski definition) is 5. The van der Waals surface area contributed by atoms with E-state index in [1.165, 1.54) is 33.6 Å². The van der Waals surface area contributed by atoms with Crippen molar-refractivity contribution < 1.29 is 0 Å². The third-order valence-corrected chi connectivity index (χ3v) is 6.97. The van der Waals surface area contributed by atoms with Crippen molar-refractivity contribution >= 4 is 34.9 Å². The number of nitrogens with zero attached hydrogens (tertiary/aromatic N) is 1. The van der Waals surface area contributed by atoms with Gasteiger partial charge in [-0.3, -0.25) is 0 Å². The SMILES string of the molecule is CCCNC(C)c1cnc(C2CSCCS2)s1. The lowest BCUT2D eigenvalue weighted by Gasteiger charge is -2.18. The largest absolute Gasteiger partial charge is 0.309 e. The predicted molar refractivity (Wildman–Crippen MR) is 81.3 cm³/mol. The molecule has 2 unspecified atom stereocenters. The third kappa shape index (κ3) is 3.88. The van der Waals surface area contributed by atoms with Gasteiger partial charge in [-0.1, -0.05) is 6.92 Å². The summed E-state index contributed by atoms with van der Waals surface area (Å²) < 4.78 is 0. The number of nitrogens with one attached hydrogen (secondary N) is 1. The van der Waals surface area contributed by atoms with Gasteiger partial charge >= 0.3 is 0 Å². The van der Waals surface area contributed by atoms with Gasteiger partial charge in [0.2, 0.25) is 0 Å². The molecule has 0 radical (unpaired) electrons. The first-order valence-corrected chi connectivity index (χ1v) is 9.21. The molecule has 1 N–H and O–H groups in total. The van der Waals surface area contributed by atoms with Crippen LogP contribution in [0.2, 0.25) is 0 Å². The first-order valence-electron chi connectivity index (χ1n) is 6.19. The zero-order valence-corrected chi connectivity index (χ0v) is 12.9. The number of hydrogen-bond donors (Lipinski definition) is 1. The highest BCUT2D eigenvalue weighted by molar-refractivity contribution is 8.06. The molecule has 17 heavy (non-hydrogen) atoms. The molecule has 0 saturated carbocycles. The summed E-state index contributed by atoms with van der Waals surface area (Å²) in [4.78, 5) is 5.99. The summed E-state index contributed by atoms with van der Waals surface area (Å²) >= 11 is 6.02. The highest BCUT2D eigenvalue weighted by Crippen LogP contribution is 2.39. The van der Waals surface area contributed by atoms with Gasteiger partial charge in [-0.05, 0) is 19.9 Å². The van der Waals surface area contributed by atoms with E-state index in [2.05, 4.69) is 53.9 Å². The van der Waals surface area contributed by atoms with Gasteiger partial charge in [-0.2, -0.15) is 11.8 Å². The van der Waals surface area contributed by atoms with Crippen LogP contribution in [0.4, 0.5) is 0 Å². The molecular weight excluding hydrogens is 268 g/mol. The van der Waals surface area contributed by atoms with Crippen LogP contribution < -0.4 is 5.32 Å². The van der Waals surface area contributed by atoms with Crippen LogP contribution in [-0.4, -0.2) is 28.8 Å². The summed E-state index contributed by atoms with van der Waals surface area (Å²) in [6, 6.07) is 0.447. The highest BCUT2D eigenvalue weighted by atomic mass is 32.2. The van der Waals surface area contributed by atoms with Crippen molar-refractivity contribution in [2.24, 2.45) is 0 Å². The lowest BCUT2D eigenvalue weighted by Crippen LogP contribution is -2.18. The molecule has 1 aromatic rings. The maximum atomic E-state index is 4.61. The van der Waals surface area contributed by atoms with Gasteiger partial charge in [-0.25, -0.2) is 4.98 Å². The maximum absolute atomic E-state index is 4.61. The van der Waals surface area contributed by atoms with Gasteiger partial charge in [-0.15, -0.1) is 23.1 Å². The summed E-state index contributed by atoms with van der Waals surface area (Å²) in [5, 5.41) is 5.48. The topological polar surface area (TPSA) is 24.9 Å². The third-order valence-electron chi connectivity index (χ3n) is 2.76. The van der Waals surface area contributed by atoms with Crippen LogP contribution in [-0.2, 0) is 0 Å². The number of thiazole rings is 1. The normalized spacial score (nSPS) is 22.6. The van der Waals surface area contributed by atoms with E-state index in [1.54, 1.807) is 0 Å². The van der Waals surface area contributed by atoms with Gasteiger partial charge in [0.1, 0.15) is 5.01 Å². The van der Waals surface area contributed by atoms with E-state index in [4.69, 9.17) is 0 Å². The molecule has 1 saturated heterocycles. The molecular formula is C12H20N2S3. The molecule has 2 atom stereocenters. The minimum Gasteiger partial charge on any atom is -0.309 e. The second-order valence-corrected chi connectivity index (χ2v) is 7.77. The average molecular weight is 289 g/mol. The number of rotatable bonds is 5. The van der Waals surface area contributed by atoms with E-state index in [-0.39, 0.29) is 0 Å². The predicted octanol–water partition coefficient (Wildman–Crippen LogP) is 3.72. The van der Waals surface area contributed by atoms with Crippen LogP contribution in [0, 0.1) is 0 Å². The van der Waals surface area contributed by atoms with Crippen molar-refractivity contribution in [2.45, 2.75) is 31.6 Å². The Balaban J connectivity index is 1.94. The molecule has 0 spiro atoms. The summed E-state index contributed by atoms with van der Waals surface area (Å²) in [6.45, 7) is 5.52. The summed E-state index contributed by atoms with van der Waals surface area (Å²) in [5.41, 5.74) is 0. The minimum absolute atomic E-state index is 0.447. The van der Waals surface area contributed by atoms with Gasteiger partial charge in [0.05, 0.1) is 5.25 Å². The average Bonchev–Trinajstić information content (AvgIpc) is 2.86. The molecule has 0 aliphatic carbocycles. The van der Waals surface area contributed by atoms with Crippen LogP contribution in [0.25, 0.3) is 0 Å². The number of thioether (sulfide) groups is 2. The molecule has 0 bridgehead atoms. The standard InChI is InChI=1S/C12H20N2S3/c1-3-4-13-9(2)10-7-14-12(17-10)11-8-15-5-6-16-11/h7,9,11,13H,3-6,8H2,1-2H3. The van der Waals surface area contributed by atoms with Crippen molar-refractivity contribution in [1.29, 1.82) is 0 Å². The lowest BCUT2D eigenvalue weighted by atomic mass is 10.3. The smallest absolute Gasteiger partial charge is 0.107 e. The van der Waals surface area contributed by atoms with Crippen molar-refractivity contribution in [2.75, 3.05) is 23.8 Å². The monoisotopic (exact) mass is 288 g/mol. The molecule has 1 aliphatic heterocycles.